The summed E-state index contributed by atoms with van der Waals surface area (Å²) in [6, 6.07) is 15.2. The van der Waals surface area contributed by atoms with Gasteiger partial charge in [0.15, 0.2) is 5.43 Å². The molecule has 3 rings (SSSR count). The lowest BCUT2D eigenvalue weighted by atomic mass is 10.1. The Morgan fingerprint density at radius 3 is 2.28 bits per heavy atom. The predicted molar refractivity (Wildman–Crippen MR) is 143 cm³/mol. The molecule has 0 bridgehead atoms. The zero-order valence-corrected chi connectivity index (χ0v) is 22.1. The lowest BCUT2D eigenvalue weighted by molar-refractivity contribution is -0.141. The normalized spacial score (nSPS) is 11.3. The Morgan fingerprint density at radius 1 is 0.889 bits per heavy atom. The van der Waals surface area contributed by atoms with Crippen molar-refractivity contribution in [3.8, 4) is 0 Å². The molecule has 0 fully saturated rings. The van der Waals surface area contributed by atoms with Gasteiger partial charge in [-0.2, -0.15) is 0 Å². The first-order valence-corrected chi connectivity index (χ1v) is 12.7. The van der Waals surface area contributed by atoms with Crippen molar-refractivity contribution in [3.05, 3.63) is 81.7 Å². The lowest BCUT2D eigenvalue weighted by Crippen LogP contribution is -2.43. The second kappa shape index (κ2) is 12.5. The molecule has 3 aromatic rings. The van der Waals surface area contributed by atoms with Gasteiger partial charge < -0.3 is 14.2 Å². The second-order valence-corrected chi connectivity index (χ2v) is 10.4. The first-order chi connectivity index (χ1) is 17.1. The van der Waals surface area contributed by atoms with Gasteiger partial charge in [0.2, 0.25) is 11.8 Å². The molecule has 2 aromatic carbocycles. The van der Waals surface area contributed by atoms with Crippen LogP contribution in [0.25, 0.3) is 11.0 Å². The van der Waals surface area contributed by atoms with Gasteiger partial charge in [0, 0.05) is 19.5 Å². The van der Waals surface area contributed by atoms with Crippen molar-refractivity contribution in [2.45, 2.75) is 60.5 Å². The maximum Gasteiger partial charge on any atom is 0.242 e. The maximum absolute atomic E-state index is 13.6. The Kier molecular flexibility index (Phi) is 9.45. The Hall–Kier alpha value is -3.41. The van der Waals surface area contributed by atoms with Crippen molar-refractivity contribution < 1.29 is 14.0 Å². The first-order valence-electron chi connectivity index (χ1n) is 12.7. The van der Waals surface area contributed by atoms with Crippen LogP contribution in [-0.2, 0) is 22.7 Å². The number of benzene rings is 2. The number of amides is 2. The van der Waals surface area contributed by atoms with Gasteiger partial charge >= 0.3 is 0 Å². The fourth-order valence-electron chi connectivity index (χ4n) is 4.08. The molecule has 0 aliphatic heterocycles. The zero-order chi connectivity index (χ0) is 26.2. The van der Waals surface area contributed by atoms with Gasteiger partial charge in [-0.15, -0.1) is 0 Å². The van der Waals surface area contributed by atoms with Gasteiger partial charge in [0.05, 0.1) is 30.3 Å². The highest BCUT2D eigenvalue weighted by molar-refractivity contribution is 5.85. The van der Waals surface area contributed by atoms with Gasteiger partial charge in [0.25, 0.3) is 0 Å². The molecule has 0 saturated carbocycles. The highest BCUT2D eigenvalue weighted by Gasteiger charge is 2.23. The van der Waals surface area contributed by atoms with Crippen LogP contribution in [-0.4, -0.2) is 34.7 Å². The summed E-state index contributed by atoms with van der Waals surface area (Å²) in [4.78, 5) is 43.2. The minimum atomic E-state index is -0.191. The summed E-state index contributed by atoms with van der Waals surface area (Å²) >= 11 is 0. The maximum atomic E-state index is 13.6. The van der Waals surface area contributed by atoms with Crippen LogP contribution in [0.4, 0.5) is 0 Å². The Bertz CT molecular complexity index is 1230. The molecule has 1 heterocycles. The second-order valence-electron chi connectivity index (χ2n) is 10.4. The average Bonchev–Trinajstić information content (AvgIpc) is 2.83. The van der Waals surface area contributed by atoms with E-state index in [1.807, 2.05) is 63.2 Å². The molecule has 0 atom stereocenters. The van der Waals surface area contributed by atoms with E-state index >= 15 is 0 Å². The number of fused-ring (bicyclic) bond motifs is 1. The molecule has 0 aliphatic rings. The molecule has 192 valence electrons. The molecule has 36 heavy (non-hydrogen) atoms. The van der Waals surface area contributed by atoms with Crippen molar-refractivity contribution in [1.29, 1.82) is 0 Å². The van der Waals surface area contributed by atoms with Crippen LogP contribution in [0.1, 0.15) is 57.2 Å². The van der Waals surface area contributed by atoms with E-state index in [0.29, 0.717) is 42.0 Å². The van der Waals surface area contributed by atoms with E-state index in [9.17, 15) is 14.4 Å². The number of hydrogen-bond donors (Lipinski definition) is 0. The van der Waals surface area contributed by atoms with Crippen LogP contribution in [0.15, 0.2) is 64.0 Å². The van der Waals surface area contributed by atoms with Crippen molar-refractivity contribution in [3.63, 3.8) is 0 Å². The number of nitrogens with zero attached hydrogens (tertiary/aromatic N) is 2. The summed E-state index contributed by atoms with van der Waals surface area (Å²) in [7, 11) is 0. The number of rotatable bonds is 11. The molecule has 0 saturated heterocycles. The fraction of sp³-hybridized carbons (Fsp3) is 0.433. The van der Waals surface area contributed by atoms with Crippen molar-refractivity contribution in [2.24, 2.45) is 11.8 Å². The summed E-state index contributed by atoms with van der Waals surface area (Å²) in [6.45, 7) is 11.1. The van der Waals surface area contributed by atoms with E-state index in [1.54, 1.807) is 15.9 Å². The van der Waals surface area contributed by atoms with Crippen LogP contribution >= 0.6 is 0 Å². The third-order valence-electron chi connectivity index (χ3n) is 6.17. The van der Waals surface area contributed by atoms with E-state index in [1.165, 1.54) is 6.26 Å². The molecule has 6 nitrogen and oxygen atoms in total. The van der Waals surface area contributed by atoms with E-state index < -0.39 is 0 Å². The molecule has 6 heteroatoms. The summed E-state index contributed by atoms with van der Waals surface area (Å²) < 4.78 is 5.73. The van der Waals surface area contributed by atoms with Crippen LogP contribution in [0.2, 0.25) is 0 Å². The Labute approximate surface area is 213 Å². The van der Waals surface area contributed by atoms with Crippen LogP contribution in [0.5, 0.6) is 0 Å². The highest BCUT2D eigenvalue weighted by atomic mass is 16.3. The highest BCUT2D eigenvalue weighted by Crippen LogP contribution is 2.16. The van der Waals surface area contributed by atoms with Gasteiger partial charge in [-0.05, 0) is 42.9 Å². The molecule has 0 spiro atoms. The van der Waals surface area contributed by atoms with Gasteiger partial charge in [0.1, 0.15) is 5.58 Å². The third-order valence-corrected chi connectivity index (χ3v) is 6.17. The number of carbonyl (C=O) groups is 2. The average molecular weight is 491 g/mol. The van der Waals surface area contributed by atoms with E-state index in [0.717, 1.165) is 17.5 Å². The van der Waals surface area contributed by atoms with Crippen LogP contribution in [0, 0.1) is 18.8 Å². The third kappa shape index (κ3) is 7.54. The van der Waals surface area contributed by atoms with Gasteiger partial charge in [-0.25, -0.2) is 0 Å². The summed E-state index contributed by atoms with van der Waals surface area (Å²) in [5, 5.41) is 0.505. The standard InChI is InChI=1S/C30H38N2O4/c1-21(2)13-14-31(28(33)15-22(3)4)19-29(34)32(17-24-9-7-6-8-10-24)18-25-20-36-27-12-11-23(5)16-26(27)30(25)35/h6-12,16,20-22H,13-15,17-19H2,1-5H3. The summed E-state index contributed by atoms with van der Waals surface area (Å²) in [5.74, 6) is 0.420. The molecule has 1 aromatic heterocycles. The van der Waals surface area contributed by atoms with E-state index in [4.69, 9.17) is 4.42 Å². The molecule has 0 aliphatic carbocycles. The molecule has 2 amide bonds. The largest absolute Gasteiger partial charge is 0.464 e. The van der Waals surface area contributed by atoms with Crippen LogP contribution in [0.3, 0.4) is 0 Å². The van der Waals surface area contributed by atoms with Crippen molar-refractivity contribution in [1.82, 2.24) is 9.80 Å². The predicted octanol–water partition coefficient (Wildman–Crippen LogP) is 5.55. The van der Waals surface area contributed by atoms with E-state index in [-0.39, 0.29) is 36.3 Å². The lowest BCUT2D eigenvalue weighted by Gasteiger charge is -2.28. The van der Waals surface area contributed by atoms with Gasteiger partial charge in [-0.3, -0.25) is 14.4 Å². The topological polar surface area (TPSA) is 70.8 Å². The van der Waals surface area contributed by atoms with Gasteiger partial charge in [-0.1, -0.05) is 69.7 Å². The van der Waals surface area contributed by atoms with E-state index in [2.05, 4.69) is 13.8 Å². The minimum absolute atomic E-state index is 0.0108. The molecule has 0 unspecified atom stereocenters. The monoisotopic (exact) mass is 490 g/mol. The Morgan fingerprint density at radius 2 is 1.61 bits per heavy atom. The quantitative estimate of drug-likeness (QED) is 0.353. The summed E-state index contributed by atoms with van der Waals surface area (Å²) in [5.41, 5.74) is 2.72. The molecular weight excluding hydrogens is 452 g/mol. The smallest absolute Gasteiger partial charge is 0.242 e. The number of carbonyl (C=O) groups excluding carboxylic acids is 2. The van der Waals surface area contributed by atoms with Crippen molar-refractivity contribution in [2.75, 3.05) is 13.1 Å². The van der Waals surface area contributed by atoms with Crippen molar-refractivity contribution >= 4 is 22.8 Å². The molecular formula is C30H38N2O4. The first kappa shape index (κ1) is 27.2. The Balaban J connectivity index is 1.90. The minimum Gasteiger partial charge on any atom is -0.464 e. The molecule has 0 N–H and O–H groups in total. The number of aryl methyl sites for hydroxylation is 1. The zero-order valence-electron chi connectivity index (χ0n) is 22.1. The summed E-state index contributed by atoms with van der Waals surface area (Å²) in [6.07, 6.45) is 2.67. The fourth-order valence-corrected chi connectivity index (χ4v) is 4.08. The SMILES string of the molecule is Cc1ccc2occ(CN(Cc3ccccc3)C(=O)CN(CCC(C)C)C(=O)CC(C)C)c(=O)c2c1. The van der Waals surface area contributed by atoms with Crippen LogP contribution < -0.4 is 5.43 Å². The number of hydrogen-bond acceptors (Lipinski definition) is 4. The molecule has 0 radical (unpaired) electrons.